The molecule has 0 heterocycles. The average molecular weight is 367 g/mol. The molecule has 2 aromatic rings. The molecular weight excluding hydrogens is 336 g/mol. The number of carbonyl (C=O) groups is 1. The van der Waals surface area contributed by atoms with Crippen molar-refractivity contribution < 1.29 is 9.53 Å². The van der Waals surface area contributed by atoms with Gasteiger partial charge in [-0.15, -0.1) is 0 Å². The Morgan fingerprint density at radius 3 is 2.52 bits per heavy atom. The van der Waals surface area contributed by atoms with Crippen molar-refractivity contribution in [2.24, 2.45) is 0 Å². The molecule has 4 nitrogen and oxygen atoms in total. The van der Waals surface area contributed by atoms with Crippen LogP contribution in [-0.4, -0.2) is 24.6 Å². The van der Waals surface area contributed by atoms with Gasteiger partial charge >= 0.3 is 0 Å². The van der Waals surface area contributed by atoms with Crippen molar-refractivity contribution in [1.82, 2.24) is 10.4 Å². The molecule has 0 saturated heterocycles. The number of likely N-dealkylation sites (N-methyl/N-ethyl adjacent to an activating group) is 1. The van der Waals surface area contributed by atoms with E-state index in [1.54, 1.807) is 0 Å². The molecule has 4 heteroatoms. The number of nitrogens with zero attached hydrogens (tertiary/aromatic N) is 1. The first-order chi connectivity index (χ1) is 13.1. The third-order valence-corrected chi connectivity index (χ3v) is 5.66. The first kappa shape index (κ1) is 19.6. The van der Waals surface area contributed by atoms with Gasteiger partial charge in [0.05, 0.1) is 18.2 Å². The first-order valence-corrected chi connectivity index (χ1v) is 9.74. The molecule has 1 N–H and O–H groups in total. The highest BCUT2D eigenvalue weighted by Crippen LogP contribution is 2.43. The molecule has 0 bridgehead atoms. The number of rotatable bonds is 7. The molecule has 0 aromatic heterocycles. The van der Waals surface area contributed by atoms with Crippen molar-refractivity contribution in [2.75, 3.05) is 7.05 Å². The third-order valence-electron chi connectivity index (χ3n) is 5.66. The van der Waals surface area contributed by atoms with Gasteiger partial charge in [-0.2, -0.15) is 0 Å². The van der Waals surface area contributed by atoms with Crippen LogP contribution in [0.4, 0.5) is 0 Å². The Labute approximate surface area is 162 Å². The van der Waals surface area contributed by atoms with Gasteiger partial charge in [0, 0.05) is 7.05 Å². The highest BCUT2D eigenvalue weighted by atomic mass is 16.5. The van der Waals surface area contributed by atoms with Crippen molar-refractivity contribution in [1.29, 1.82) is 0 Å². The Kier molecular flexibility index (Phi) is 6.30. The molecule has 27 heavy (non-hydrogen) atoms. The van der Waals surface area contributed by atoms with Crippen LogP contribution < -0.4 is 5.43 Å². The van der Waals surface area contributed by atoms with E-state index in [-0.39, 0.29) is 11.6 Å². The van der Waals surface area contributed by atoms with Crippen LogP contribution in [0.15, 0.2) is 48.5 Å². The minimum absolute atomic E-state index is 0.00641. The number of ether oxygens (including phenoxy) is 1. The van der Waals surface area contributed by atoms with Gasteiger partial charge in [-0.05, 0) is 37.8 Å². The Balaban J connectivity index is 1.90. The van der Waals surface area contributed by atoms with Crippen molar-refractivity contribution in [3.63, 3.8) is 0 Å². The van der Waals surface area contributed by atoms with Crippen molar-refractivity contribution in [3.8, 4) is 0 Å². The predicted octanol–water partition coefficient (Wildman–Crippen LogP) is 4.25. The van der Waals surface area contributed by atoms with E-state index in [0.717, 1.165) is 32.1 Å². The predicted molar refractivity (Wildman–Crippen MR) is 108 cm³/mol. The van der Waals surface area contributed by atoms with Crippen LogP contribution in [0, 0.1) is 13.8 Å². The highest BCUT2D eigenvalue weighted by Gasteiger charge is 2.46. The number of carbonyl (C=O) groups excluding carboxylic acids is 1. The lowest BCUT2D eigenvalue weighted by Gasteiger charge is -2.49. The van der Waals surface area contributed by atoms with E-state index in [9.17, 15) is 4.79 Å². The standard InChI is InChI=1S/C23H30N2O2/c1-18-13-19(2)15-20(14-18)16-27-22-11-7-8-12-23(22,25(3)24-17-26)21-9-5-4-6-10-21/h4-6,9-10,13-15,17,22H,7-8,11-12,16H2,1-3H3,(H,24,26). The van der Waals surface area contributed by atoms with Crippen LogP contribution >= 0.6 is 0 Å². The van der Waals surface area contributed by atoms with Crippen LogP contribution in [0.1, 0.15) is 47.9 Å². The fourth-order valence-electron chi connectivity index (χ4n) is 4.52. The molecule has 2 unspecified atom stereocenters. The summed E-state index contributed by atoms with van der Waals surface area (Å²) in [4.78, 5) is 11.2. The molecule has 2 atom stereocenters. The van der Waals surface area contributed by atoms with Crippen LogP contribution in [0.5, 0.6) is 0 Å². The second-order valence-electron chi connectivity index (χ2n) is 7.64. The third kappa shape index (κ3) is 4.23. The lowest BCUT2D eigenvalue weighted by atomic mass is 9.73. The molecular formula is C23H30N2O2. The zero-order valence-corrected chi connectivity index (χ0v) is 16.6. The SMILES string of the molecule is Cc1cc(C)cc(COC2CCCCC2(c2ccccc2)N(C)NC=O)c1. The fraction of sp³-hybridized carbons (Fsp3) is 0.435. The van der Waals surface area contributed by atoms with Crippen LogP contribution in [0.25, 0.3) is 0 Å². The van der Waals surface area contributed by atoms with Crippen molar-refractivity contribution in [2.45, 2.75) is 57.8 Å². The maximum atomic E-state index is 11.2. The fourth-order valence-corrected chi connectivity index (χ4v) is 4.52. The quantitative estimate of drug-likeness (QED) is 0.588. The van der Waals surface area contributed by atoms with Gasteiger partial charge in [0.15, 0.2) is 0 Å². The number of nitrogens with one attached hydrogen (secondary N) is 1. The zero-order valence-electron chi connectivity index (χ0n) is 16.6. The number of amides is 1. The van der Waals surface area contributed by atoms with Crippen LogP contribution in [0.2, 0.25) is 0 Å². The summed E-state index contributed by atoms with van der Waals surface area (Å²) in [5.74, 6) is 0. The topological polar surface area (TPSA) is 41.6 Å². The molecule has 1 amide bonds. The second kappa shape index (κ2) is 8.68. The molecule has 1 aliphatic rings. The minimum Gasteiger partial charge on any atom is -0.371 e. The molecule has 0 radical (unpaired) electrons. The average Bonchev–Trinajstić information content (AvgIpc) is 2.66. The van der Waals surface area contributed by atoms with E-state index in [1.165, 1.54) is 22.3 Å². The lowest BCUT2D eigenvalue weighted by molar-refractivity contribution is -0.133. The Hall–Kier alpha value is -2.17. The van der Waals surface area contributed by atoms with E-state index >= 15 is 0 Å². The van der Waals surface area contributed by atoms with Gasteiger partial charge in [-0.25, -0.2) is 5.01 Å². The Morgan fingerprint density at radius 1 is 1.15 bits per heavy atom. The molecule has 3 rings (SSSR count). The van der Waals surface area contributed by atoms with Crippen LogP contribution in [-0.2, 0) is 21.7 Å². The molecule has 0 spiro atoms. The Morgan fingerprint density at radius 2 is 1.85 bits per heavy atom. The monoisotopic (exact) mass is 366 g/mol. The number of hydrogen-bond donors (Lipinski definition) is 1. The molecule has 1 aliphatic carbocycles. The van der Waals surface area contributed by atoms with Gasteiger partial charge in [0.1, 0.15) is 0 Å². The summed E-state index contributed by atoms with van der Waals surface area (Å²) in [5, 5.41) is 1.95. The zero-order chi connectivity index (χ0) is 19.3. The maximum Gasteiger partial charge on any atom is 0.221 e. The molecule has 1 saturated carbocycles. The lowest BCUT2D eigenvalue weighted by Crippen LogP contribution is -2.59. The van der Waals surface area contributed by atoms with Gasteiger partial charge in [0.25, 0.3) is 0 Å². The second-order valence-corrected chi connectivity index (χ2v) is 7.64. The summed E-state index contributed by atoms with van der Waals surface area (Å²) < 4.78 is 6.52. The Bertz CT molecular complexity index is 742. The van der Waals surface area contributed by atoms with Gasteiger partial charge in [-0.3, -0.25) is 10.2 Å². The number of aryl methyl sites for hydroxylation is 2. The molecule has 2 aromatic carbocycles. The van der Waals surface area contributed by atoms with E-state index in [1.807, 2.05) is 18.1 Å². The normalized spacial score (nSPS) is 22.6. The first-order valence-electron chi connectivity index (χ1n) is 9.74. The smallest absolute Gasteiger partial charge is 0.221 e. The van der Waals surface area contributed by atoms with E-state index in [2.05, 4.69) is 61.7 Å². The van der Waals surface area contributed by atoms with Crippen molar-refractivity contribution >= 4 is 6.41 Å². The summed E-state index contributed by atoms with van der Waals surface area (Å²) in [6.07, 6.45) is 4.94. The highest BCUT2D eigenvalue weighted by molar-refractivity contribution is 5.45. The van der Waals surface area contributed by atoms with E-state index in [4.69, 9.17) is 4.74 Å². The summed E-state index contributed by atoms with van der Waals surface area (Å²) in [6.45, 7) is 4.82. The van der Waals surface area contributed by atoms with Crippen LogP contribution in [0.3, 0.4) is 0 Å². The number of hydrogen-bond acceptors (Lipinski definition) is 3. The van der Waals surface area contributed by atoms with E-state index in [0.29, 0.717) is 6.61 Å². The number of hydrazine groups is 1. The molecule has 144 valence electrons. The largest absolute Gasteiger partial charge is 0.371 e. The molecule has 1 fully saturated rings. The summed E-state index contributed by atoms with van der Waals surface area (Å²) in [5.41, 5.74) is 7.41. The van der Waals surface area contributed by atoms with Gasteiger partial charge in [0.2, 0.25) is 6.41 Å². The summed E-state index contributed by atoms with van der Waals surface area (Å²) in [6, 6.07) is 17.0. The van der Waals surface area contributed by atoms with Gasteiger partial charge in [-0.1, -0.05) is 72.5 Å². The van der Waals surface area contributed by atoms with Gasteiger partial charge < -0.3 is 4.74 Å². The summed E-state index contributed by atoms with van der Waals surface area (Å²) in [7, 11) is 1.94. The molecule has 0 aliphatic heterocycles. The summed E-state index contributed by atoms with van der Waals surface area (Å²) >= 11 is 0. The number of benzene rings is 2. The minimum atomic E-state index is -0.362. The van der Waals surface area contributed by atoms with E-state index < -0.39 is 0 Å². The van der Waals surface area contributed by atoms with Crippen molar-refractivity contribution in [3.05, 3.63) is 70.8 Å². The maximum absolute atomic E-state index is 11.2.